The van der Waals surface area contributed by atoms with Crippen molar-refractivity contribution in [1.29, 1.82) is 0 Å². The number of carbonyl (C=O) groups is 1. The molecule has 6 nitrogen and oxygen atoms in total. The van der Waals surface area contributed by atoms with Crippen molar-refractivity contribution in [2.24, 2.45) is 0 Å². The summed E-state index contributed by atoms with van der Waals surface area (Å²) in [5.74, 6) is 1.00. The molecule has 0 aliphatic carbocycles. The van der Waals surface area contributed by atoms with Crippen molar-refractivity contribution in [3.05, 3.63) is 0 Å². The molecule has 1 aromatic heterocycles. The van der Waals surface area contributed by atoms with Gasteiger partial charge < -0.3 is 21.1 Å². The first-order chi connectivity index (χ1) is 9.04. The van der Waals surface area contributed by atoms with Crippen molar-refractivity contribution < 1.29 is 9.53 Å². The summed E-state index contributed by atoms with van der Waals surface area (Å²) in [4.78, 5) is 11.4. The van der Waals surface area contributed by atoms with Gasteiger partial charge in [-0.15, -0.1) is 0 Å². The predicted octanol–water partition coefficient (Wildman–Crippen LogP) is 1.84. The first kappa shape index (κ1) is 15.6. The van der Waals surface area contributed by atoms with Gasteiger partial charge >= 0.3 is 0 Å². The van der Waals surface area contributed by atoms with Crippen LogP contribution in [-0.4, -0.2) is 29.5 Å². The molecule has 4 N–H and O–H groups in total. The van der Waals surface area contributed by atoms with Crippen molar-refractivity contribution in [1.82, 2.24) is 9.69 Å². The number of nitrogens with two attached hydrogens (primary N) is 1. The van der Waals surface area contributed by atoms with Gasteiger partial charge in [0.05, 0.1) is 6.10 Å². The maximum absolute atomic E-state index is 11.4. The molecular weight excluding hydrogens is 264 g/mol. The third kappa shape index (κ3) is 5.34. The first-order valence-electron chi connectivity index (χ1n) is 6.47. The normalized spacial score (nSPS) is 10.5. The van der Waals surface area contributed by atoms with Crippen LogP contribution in [0.15, 0.2) is 0 Å². The zero-order chi connectivity index (χ0) is 14.3. The zero-order valence-corrected chi connectivity index (χ0v) is 12.5. The largest absolute Gasteiger partial charge is 0.484 e. The highest BCUT2D eigenvalue weighted by Crippen LogP contribution is 2.35. The van der Waals surface area contributed by atoms with Crippen molar-refractivity contribution in [3.63, 3.8) is 0 Å². The number of hydrogen-bond acceptors (Lipinski definition) is 6. The lowest BCUT2D eigenvalue weighted by molar-refractivity contribution is -0.120. The van der Waals surface area contributed by atoms with E-state index in [1.165, 1.54) is 11.5 Å². The van der Waals surface area contributed by atoms with E-state index in [4.69, 9.17) is 10.5 Å². The molecule has 0 fully saturated rings. The van der Waals surface area contributed by atoms with Crippen LogP contribution in [0.4, 0.5) is 10.8 Å². The number of carbonyl (C=O) groups excluding carboxylic acids is 1. The number of nitrogen functional groups attached to an aromatic ring is 1. The molecule has 0 saturated heterocycles. The van der Waals surface area contributed by atoms with Crippen LogP contribution < -0.4 is 21.1 Å². The average Bonchev–Trinajstić information content (AvgIpc) is 2.68. The predicted molar refractivity (Wildman–Crippen MR) is 78.7 cm³/mol. The molecule has 0 unspecified atom stereocenters. The number of anilines is 2. The second-order valence-corrected chi connectivity index (χ2v) is 5.19. The molecule has 0 spiro atoms. The molecule has 0 aliphatic heterocycles. The molecule has 1 rings (SSSR count). The Balaban J connectivity index is 2.43. The van der Waals surface area contributed by atoms with Gasteiger partial charge in [-0.2, -0.15) is 4.37 Å². The summed E-state index contributed by atoms with van der Waals surface area (Å²) in [6, 6.07) is 0. The highest BCUT2D eigenvalue weighted by molar-refractivity contribution is 7.11. The van der Waals surface area contributed by atoms with Crippen LogP contribution in [-0.2, 0) is 4.79 Å². The number of ether oxygens (including phenoxy) is 1. The van der Waals surface area contributed by atoms with Crippen LogP contribution in [0.2, 0.25) is 0 Å². The van der Waals surface area contributed by atoms with E-state index in [9.17, 15) is 4.79 Å². The maximum Gasteiger partial charge on any atom is 0.221 e. The van der Waals surface area contributed by atoms with Gasteiger partial charge in [0.1, 0.15) is 0 Å². The van der Waals surface area contributed by atoms with Crippen LogP contribution >= 0.6 is 11.5 Å². The van der Waals surface area contributed by atoms with E-state index in [-0.39, 0.29) is 12.0 Å². The monoisotopic (exact) mass is 286 g/mol. The quantitative estimate of drug-likeness (QED) is 0.678. The van der Waals surface area contributed by atoms with Crippen molar-refractivity contribution in [2.45, 2.75) is 39.7 Å². The van der Waals surface area contributed by atoms with Crippen LogP contribution in [0, 0.1) is 0 Å². The Bertz CT molecular complexity index is 406. The standard InChI is InChI=1S/C12H22N4O2S/c1-4-6-14-9(17)5-7-15-12-10(18-8(2)3)11(13)16-19-12/h8,15H,4-7H2,1-3H3,(H2,13,16)(H,14,17). The molecule has 1 amide bonds. The lowest BCUT2D eigenvalue weighted by Crippen LogP contribution is -2.25. The third-order valence-corrected chi connectivity index (χ3v) is 3.04. The minimum Gasteiger partial charge on any atom is -0.484 e. The molecule has 1 heterocycles. The SMILES string of the molecule is CCCNC(=O)CCNc1snc(N)c1OC(C)C. The van der Waals surface area contributed by atoms with Gasteiger partial charge in [-0.3, -0.25) is 4.79 Å². The Labute approximate surface area is 117 Å². The summed E-state index contributed by atoms with van der Waals surface area (Å²) in [5.41, 5.74) is 5.74. The van der Waals surface area contributed by atoms with Crippen LogP contribution in [0.25, 0.3) is 0 Å². The molecule has 0 saturated carbocycles. The van der Waals surface area contributed by atoms with E-state index in [1.807, 2.05) is 20.8 Å². The molecule has 0 aromatic carbocycles. The third-order valence-electron chi connectivity index (χ3n) is 2.24. The smallest absolute Gasteiger partial charge is 0.221 e. The van der Waals surface area contributed by atoms with Gasteiger partial charge in [-0.05, 0) is 31.8 Å². The van der Waals surface area contributed by atoms with Crippen molar-refractivity contribution >= 4 is 28.3 Å². The molecule has 0 aliphatic rings. The van der Waals surface area contributed by atoms with Gasteiger partial charge in [0.2, 0.25) is 5.91 Å². The highest BCUT2D eigenvalue weighted by Gasteiger charge is 2.14. The number of rotatable bonds is 8. The number of amides is 1. The lowest BCUT2D eigenvalue weighted by Gasteiger charge is -2.11. The van der Waals surface area contributed by atoms with Crippen LogP contribution in [0.3, 0.4) is 0 Å². The van der Waals surface area contributed by atoms with Gasteiger partial charge in [0, 0.05) is 19.5 Å². The highest BCUT2D eigenvalue weighted by atomic mass is 32.1. The minimum absolute atomic E-state index is 0.0344. The van der Waals surface area contributed by atoms with Gasteiger partial charge in [-0.1, -0.05) is 6.92 Å². The second kappa shape index (κ2) is 7.83. The number of nitrogens with zero attached hydrogens (tertiary/aromatic N) is 1. The molecule has 19 heavy (non-hydrogen) atoms. The molecular formula is C12H22N4O2S. The molecule has 7 heteroatoms. The molecule has 1 aromatic rings. The van der Waals surface area contributed by atoms with Crippen molar-refractivity contribution in [2.75, 3.05) is 24.1 Å². The van der Waals surface area contributed by atoms with Crippen molar-refractivity contribution in [3.8, 4) is 5.75 Å². The van der Waals surface area contributed by atoms with Crippen LogP contribution in [0.5, 0.6) is 5.75 Å². The van der Waals surface area contributed by atoms with E-state index < -0.39 is 0 Å². The molecule has 108 valence electrons. The molecule has 0 bridgehead atoms. The fraction of sp³-hybridized carbons (Fsp3) is 0.667. The van der Waals surface area contributed by atoms with Crippen LogP contribution in [0.1, 0.15) is 33.6 Å². The van der Waals surface area contributed by atoms with E-state index in [0.29, 0.717) is 31.1 Å². The zero-order valence-electron chi connectivity index (χ0n) is 11.7. The van der Waals surface area contributed by atoms with E-state index in [1.54, 1.807) is 0 Å². The topological polar surface area (TPSA) is 89.3 Å². The minimum atomic E-state index is 0.0344. The summed E-state index contributed by atoms with van der Waals surface area (Å²) in [6.07, 6.45) is 1.39. The fourth-order valence-corrected chi connectivity index (χ4v) is 2.07. The fourth-order valence-electron chi connectivity index (χ4n) is 1.40. The molecule has 0 radical (unpaired) electrons. The Kier molecular flexibility index (Phi) is 6.41. The number of aromatic nitrogens is 1. The van der Waals surface area contributed by atoms with E-state index >= 15 is 0 Å². The summed E-state index contributed by atoms with van der Waals surface area (Å²) in [6.45, 7) is 7.13. The lowest BCUT2D eigenvalue weighted by atomic mass is 10.3. The van der Waals surface area contributed by atoms with Gasteiger partial charge in [0.15, 0.2) is 16.6 Å². The number of nitrogens with one attached hydrogen (secondary N) is 2. The first-order valence-corrected chi connectivity index (χ1v) is 7.24. The Morgan fingerprint density at radius 2 is 2.21 bits per heavy atom. The van der Waals surface area contributed by atoms with E-state index in [0.717, 1.165) is 11.4 Å². The Hall–Kier alpha value is -1.50. The Morgan fingerprint density at radius 3 is 2.84 bits per heavy atom. The maximum atomic E-state index is 11.4. The summed E-state index contributed by atoms with van der Waals surface area (Å²) in [7, 11) is 0. The summed E-state index contributed by atoms with van der Waals surface area (Å²) < 4.78 is 9.65. The Morgan fingerprint density at radius 1 is 1.47 bits per heavy atom. The number of hydrogen-bond donors (Lipinski definition) is 3. The average molecular weight is 286 g/mol. The van der Waals surface area contributed by atoms with E-state index in [2.05, 4.69) is 15.0 Å². The van der Waals surface area contributed by atoms with Gasteiger partial charge in [-0.25, -0.2) is 0 Å². The van der Waals surface area contributed by atoms with Gasteiger partial charge in [0.25, 0.3) is 0 Å². The summed E-state index contributed by atoms with van der Waals surface area (Å²) >= 11 is 1.24. The molecule has 0 atom stereocenters. The summed E-state index contributed by atoms with van der Waals surface area (Å²) in [5, 5.41) is 6.73. The second-order valence-electron chi connectivity index (χ2n) is 4.42.